The minimum Gasteiger partial charge on any atom is -0.205 e. The van der Waals surface area contributed by atoms with E-state index in [2.05, 4.69) is 0 Å². The summed E-state index contributed by atoms with van der Waals surface area (Å²) in [7, 11) is 6.40. The lowest BCUT2D eigenvalue weighted by molar-refractivity contribution is 0.151. The molecule has 0 unspecified atom stereocenters. The van der Waals surface area contributed by atoms with E-state index in [1.165, 1.54) is 12.1 Å². The molecular weight excluding hydrogens is 190 g/mol. The van der Waals surface area contributed by atoms with Crippen LogP contribution < -0.4 is 0 Å². The highest BCUT2D eigenvalue weighted by molar-refractivity contribution is 8.21. The lowest BCUT2D eigenvalue weighted by Crippen LogP contribution is -1.81. The minimum atomic E-state index is -2.40. The van der Waals surface area contributed by atoms with Crippen LogP contribution in [0.25, 0.3) is 0 Å². The molecule has 1 aromatic carbocycles. The van der Waals surface area contributed by atoms with Crippen molar-refractivity contribution in [1.82, 2.24) is 0 Å². The van der Waals surface area contributed by atoms with Gasteiger partial charge in [0.05, 0.1) is 0 Å². The Balaban J connectivity index is 2.83. The molecule has 0 aliphatic carbocycles. The molecule has 0 heterocycles. The fraction of sp³-hybridized carbons (Fsp3) is 0.143. The molecule has 0 saturated carbocycles. The Labute approximate surface area is 72.1 Å². The van der Waals surface area contributed by atoms with E-state index in [-0.39, 0.29) is 5.56 Å². The van der Waals surface area contributed by atoms with Crippen molar-refractivity contribution in [2.45, 2.75) is 11.3 Å². The fourth-order valence-corrected chi connectivity index (χ4v) is 1.21. The lowest BCUT2D eigenvalue weighted by Gasteiger charge is -1.98. The first-order valence-corrected chi connectivity index (χ1v) is 4.55. The van der Waals surface area contributed by atoms with Crippen LogP contribution in [-0.4, -0.2) is 0 Å². The molecule has 0 radical (unpaired) electrons. The standard InChI is InChI=1S/C7H5ClF2S/c8-11-6-3-1-5(2-4-6)7(9)10/h1-4,7H. The van der Waals surface area contributed by atoms with Gasteiger partial charge in [-0.25, -0.2) is 8.78 Å². The maximum atomic E-state index is 12.0. The monoisotopic (exact) mass is 194 g/mol. The Hall–Kier alpha value is -0.280. The minimum absolute atomic E-state index is 0.0273. The Morgan fingerprint density at radius 1 is 1.18 bits per heavy atom. The van der Waals surface area contributed by atoms with E-state index >= 15 is 0 Å². The van der Waals surface area contributed by atoms with Crippen LogP contribution in [0.15, 0.2) is 29.2 Å². The predicted molar refractivity (Wildman–Crippen MR) is 43.1 cm³/mol. The predicted octanol–water partition coefficient (Wildman–Crippen LogP) is 3.87. The van der Waals surface area contributed by atoms with Gasteiger partial charge in [-0.15, -0.1) is 0 Å². The Morgan fingerprint density at radius 3 is 2.09 bits per heavy atom. The first-order chi connectivity index (χ1) is 5.24. The van der Waals surface area contributed by atoms with Gasteiger partial charge in [-0.3, -0.25) is 0 Å². The summed E-state index contributed by atoms with van der Waals surface area (Å²) < 4.78 is 23.9. The molecule has 0 saturated heterocycles. The zero-order chi connectivity index (χ0) is 8.27. The van der Waals surface area contributed by atoms with Crippen LogP contribution in [0.4, 0.5) is 8.78 Å². The van der Waals surface area contributed by atoms with Crippen molar-refractivity contribution in [2.24, 2.45) is 0 Å². The van der Waals surface area contributed by atoms with Crippen LogP contribution in [0.1, 0.15) is 12.0 Å². The van der Waals surface area contributed by atoms with Crippen LogP contribution in [0.2, 0.25) is 0 Å². The Morgan fingerprint density at radius 2 is 1.73 bits per heavy atom. The molecule has 1 rings (SSSR count). The van der Waals surface area contributed by atoms with E-state index in [4.69, 9.17) is 10.7 Å². The van der Waals surface area contributed by atoms with Crippen molar-refractivity contribution in [1.29, 1.82) is 0 Å². The molecule has 0 aliphatic heterocycles. The summed E-state index contributed by atoms with van der Waals surface area (Å²) in [5.41, 5.74) is 0.0273. The number of benzene rings is 1. The van der Waals surface area contributed by atoms with E-state index in [0.717, 1.165) is 15.9 Å². The molecule has 0 atom stereocenters. The molecule has 1 aromatic rings. The van der Waals surface area contributed by atoms with E-state index < -0.39 is 6.43 Å². The highest BCUT2D eigenvalue weighted by Gasteiger charge is 2.04. The second-order valence-corrected chi connectivity index (χ2v) is 3.04. The third kappa shape index (κ3) is 2.34. The molecule has 0 amide bonds. The summed E-state index contributed by atoms with van der Waals surface area (Å²) >= 11 is 0. The molecule has 11 heavy (non-hydrogen) atoms. The number of hydrogen-bond acceptors (Lipinski definition) is 1. The quantitative estimate of drug-likeness (QED) is 0.689. The second-order valence-electron chi connectivity index (χ2n) is 1.95. The molecule has 60 valence electrons. The summed E-state index contributed by atoms with van der Waals surface area (Å²) in [5, 5.41) is 0. The molecule has 0 spiro atoms. The zero-order valence-corrected chi connectivity index (χ0v) is 7.00. The smallest absolute Gasteiger partial charge is 0.205 e. The fourth-order valence-electron chi connectivity index (χ4n) is 0.665. The van der Waals surface area contributed by atoms with Crippen molar-refractivity contribution in [3.8, 4) is 0 Å². The van der Waals surface area contributed by atoms with Gasteiger partial charge in [-0.2, -0.15) is 0 Å². The number of rotatable bonds is 2. The number of halogens is 3. The molecule has 4 heteroatoms. The van der Waals surface area contributed by atoms with Gasteiger partial charge in [0.15, 0.2) is 0 Å². The normalized spacial score (nSPS) is 10.5. The summed E-state index contributed by atoms with van der Waals surface area (Å²) in [6, 6.07) is 5.88. The molecule has 0 bridgehead atoms. The zero-order valence-electron chi connectivity index (χ0n) is 5.43. The topological polar surface area (TPSA) is 0 Å². The number of alkyl halides is 2. The molecule has 0 nitrogen and oxygen atoms in total. The average Bonchev–Trinajstić information content (AvgIpc) is 2.05. The summed E-state index contributed by atoms with van der Waals surface area (Å²) in [6.07, 6.45) is -2.40. The molecule has 0 aliphatic rings. The van der Waals surface area contributed by atoms with Crippen LogP contribution in [0.3, 0.4) is 0 Å². The van der Waals surface area contributed by atoms with Crippen LogP contribution in [0, 0.1) is 0 Å². The van der Waals surface area contributed by atoms with Gasteiger partial charge in [0.25, 0.3) is 6.43 Å². The highest BCUT2D eigenvalue weighted by Crippen LogP contribution is 2.25. The maximum Gasteiger partial charge on any atom is 0.263 e. The SMILES string of the molecule is FC(F)c1ccc(SCl)cc1. The van der Waals surface area contributed by atoms with Gasteiger partial charge in [0.2, 0.25) is 0 Å². The van der Waals surface area contributed by atoms with Gasteiger partial charge < -0.3 is 0 Å². The van der Waals surface area contributed by atoms with Gasteiger partial charge in [-0.05, 0) is 33.8 Å². The van der Waals surface area contributed by atoms with Crippen molar-refractivity contribution in [3.63, 3.8) is 0 Å². The van der Waals surface area contributed by atoms with Gasteiger partial charge in [-0.1, -0.05) is 12.1 Å². The van der Waals surface area contributed by atoms with Crippen molar-refractivity contribution < 1.29 is 8.78 Å². The molecular formula is C7H5ClF2S. The summed E-state index contributed by atoms with van der Waals surface area (Å²) in [5.74, 6) is 0. The van der Waals surface area contributed by atoms with Gasteiger partial charge in [0, 0.05) is 10.5 Å². The first kappa shape index (κ1) is 8.81. The third-order valence-corrected chi connectivity index (χ3v) is 2.21. The van der Waals surface area contributed by atoms with Crippen LogP contribution in [0.5, 0.6) is 0 Å². The maximum absolute atomic E-state index is 12.0. The third-order valence-electron chi connectivity index (χ3n) is 1.22. The van der Waals surface area contributed by atoms with Crippen molar-refractivity contribution in [3.05, 3.63) is 29.8 Å². The highest BCUT2D eigenvalue weighted by atomic mass is 35.7. The second kappa shape index (κ2) is 3.93. The van der Waals surface area contributed by atoms with E-state index in [9.17, 15) is 8.78 Å². The largest absolute Gasteiger partial charge is 0.263 e. The molecule has 0 N–H and O–H groups in total. The van der Waals surface area contributed by atoms with Gasteiger partial charge >= 0.3 is 0 Å². The van der Waals surface area contributed by atoms with E-state index in [1.54, 1.807) is 12.1 Å². The van der Waals surface area contributed by atoms with Crippen molar-refractivity contribution >= 4 is 21.7 Å². The molecule has 0 fully saturated rings. The summed E-state index contributed by atoms with van der Waals surface area (Å²) in [4.78, 5) is 0.774. The Bertz CT molecular complexity index is 222. The lowest BCUT2D eigenvalue weighted by atomic mass is 10.2. The molecule has 0 aromatic heterocycles. The van der Waals surface area contributed by atoms with Crippen molar-refractivity contribution in [2.75, 3.05) is 0 Å². The van der Waals surface area contributed by atoms with Gasteiger partial charge in [0.1, 0.15) is 0 Å². The van der Waals surface area contributed by atoms with Crippen LogP contribution >= 0.6 is 21.7 Å². The van der Waals surface area contributed by atoms with Crippen LogP contribution in [-0.2, 0) is 0 Å². The number of hydrogen-bond donors (Lipinski definition) is 0. The average molecular weight is 195 g/mol. The first-order valence-electron chi connectivity index (χ1n) is 2.90. The van der Waals surface area contributed by atoms with E-state index in [0.29, 0.717) is 0 Å². The summed E-state index contributed by atoms with van der Waals surface area (Å²) in [6.45, 7) is 0. The van der Waals surface area contributed by atoms with E-state index in [1.807, 2.05) is 0 Å². The Kier molecular flexibility index (Phi) is 3.15.